The summed E-state index contributed by atoms with van der Waals surface area (Å²) in [7, 11) is 0. The zero-order valence-corrected chi connectivity index (χ0v) is 15.5. The molecule has 3 heterocycles. The van der Waals surface area contributed by atoms with Gasteiger partial charge in [0.05, 0.1) is 29.5 Å². The molecule has 0 unspecified atom stereocenters. The highest BCUT2D eigenvalue weighted by atomic mass is 35.5. The Balaban J connectivity index is 1.62. The molecule has 0 spiro atoms. The number of aliphatic hydroxyl groups excluding tert-OH is 1. The maximum absolute atomic E-state index is 11.9. The molecule has 7 nitrogen and oxygen atoms in total. The predicted octanol–water partition coefficient (Wildman–Crippen LogP) is 2.68. The number of nitrogens with one attached hydrogen (secondary N) is 2. The Morgan fingerprint density at radius 3 is 3.04 bits per heavy atom. The Hall–Kier alpha value is -2.35. The largest absolute Gasteiger partial charge is 0.479 e. The molecule has 2 aliphatic rings. The number of nitrogens with zero attached hydrogens (tertiary/aromatic N) is 1. The van der Waals surface area contributed by atoms with Gasteiger partial charge in [0.1, 0.15) is 11.6 Å². The summed E-state index contributed by atoms with van der Waals surface area (Å²) < 4.78 is 10.8. The quantitative estimate of drug-likeness (QED) is 0.747. The van der Waals surface area contributed by atoms with Gasteiger partial charge in [-0.2, -0.15) is 0 Å². The number of aliphatic hydroxyl groups is 1. The molecular weight excluding hydrogens is 370 g/mol. The highest BCUT2D eigenvalue weighted by Gasteiger charge is 2.25. The number of carbonyl (C=O) groups is 1. The van der Waals surface area contributed by atoms with Crippen molar-refractivity contribution in [3.8, 4) is 16.9 Å². The summed E-state index contributed by atoms with van der Waals surface area (Å²) in [6.07, 6.45) is 1.16. The predicted molar refractivity (Wildman–Crippen MR) is 102 cm³/mol. The van der Waals surface area contributed by atoms with Crippen LogP contribution in [0, 0.1) is 0 Å². The maximum atomic E-state index is 11.9. The molecule has 2 aliphatic heterocycles. The number of halogens is 1. The zero-order valence-electron chi connectivity index (χ0n) is 14.7. The van der Waals surface area contributed by atoms with Crippen molar-refractivity contribution in [2.45, 2.75) is 31.6 Å². The van der Waals surface area contributed by atoms with Gasteiger partial charge in [0, 0.05) is 18.4 Å². The fourth-order valence-electron chi connectivity index (χ4n) is 3.20. The lowest BCUT2D eigenvalue weighted by Gasteiger charge is -2.29. The summed E-state index contributed by atoms with van der Waals surface area (Å²) in [6.45, 7) is 2.60. The number of carbonyl (C=O) groups excluding carboxylic acids is 1. The number of hydrogen-bond donors (Lipinski definition) is 3. The molecule has 8 heteroatoms. The molecule has 1 fully saturated rings. The Morgan fingerprint density at radius 1 is 1.37 bits per heavy atom. The third kappa shape index (κ3) is 3.71. The van der Waals surface area contributed by atoms with Gasteiger partial charge in [0.2, 0.25) is 0 Å². The topological polar surface area (TPSA) is 92.7 Å². The lowest BCUT2D eigenvalue weighted by atomic mass is 10.0. The maximum Gasteiger partial charge on any atom is 0.265 e. The average molecular weight is 390 g/mol. The van der Waals surface area contributed by atoms with Crippen LogP contribution in [0.2, 0.25) is 5.02 Å². The molecular formula is C19H20ClN3O4. The third-order valence-corrected chi connectivity index (χ3v) is 5.04. The van der Waals surface area contributed by atoms with Crippen molar-refractivity contribution in [1.82, 2.24) is 4.98 Å². The first kappa shape index (κ1) is 18.0. The second-order valence-electron chi connectivity index (χ2n) is 6.69. The molecule has 4 rings (SSSR count). The van der Waals surface area contributed by atoms with Gasteiger partial charge >= 0.3 is 0 Å². The summed E-state index contributed by atoms with van der Waals surface area (Å²) in [5.74, 6) is 1.06. The van der Waals surface area contributed by atoms with E-state index in [1.54, 1.807) is 13.1 Å². The van der Waals surface area contributed by atoms with Crippen LogP contribution in [0.3, 0.4) is 0 Å². The molecule has 1 saturated heterocycles. The molecule has 3 atom stereocenters. The number of benzene rings is 1. The van der Waals surface area contributed by atoms with Crippen molar-refractivity contribution in [1.29, 1.82) is 0 Å². The summed E-state index contributed by atoms with van der Waals surface area (Å²) in [5.41, 5.74) is 2.21. The lowest BCUT2D eigenvalue weighted by molar-refractivity contribution is -0.122. The molecule has 27 heavy (non-hydrogen) atoms. The Bertz CT molecular complexity index is 876. The van der Waals surface area contributed by atoms with Crippen molar-refractivity contribution >= 4 is 29.0 Å². The van der Waals surface area contributed by atoms with Gasteiger partial charge in [-0.15, -0.1) is 0 Å². The fraction of sp³-hybridized carbons (Fsp3) is 0.368. The molecule has 0 radical (unpaired) electrons. The number of rotatable bonds is 3. The van der Waals surface area contributed by atoms with E-state index in [-0.39, 0.29) is 11.9 Å². The van der Waals surface area contributed by atoms with E-state index < -0.39 is 12.2 Å². The van der Waals surface area contributed by atoms with Crippen LogP contribution in [0.25, 0.3) is 11.1 Å². The van der Waals surface area contributed by atoms with Gasteiger partial charge in [-0.25, -0.2) is 4.98 Å². The molecule has 1 aromatic carbocycles. The number of anilines is 2. The third-order valence-electron chi connectivity index (χ3n) is 4.74. The average Bonchev–Trinajstić information content (AvgIpc) is 2.66. The number of ether oxygens (including phenoxy) is 2. The van der Waals surface area contributed by atoms with E-state index >= 15 is 0 Å². The Kier molecular flexibility index (Phi) is 4.90. The minimum absolute atomic E-state index is 0.127. The van der Waals surface area contributed by atoms with Crippen molar-refractivity contribution in [3.05, 3.63) is 35.5 Å². The van der Waals surface area contributed by atoms with Gasteiger partial charge in [-0.05, 0) is 37.1 Å². The van der Waals surface area contributed by atoms with Crippen LogP contribution in [0.5, 0.6) is 5.75 Å². The number of aromatic nitrogens is 1. The molecule has 0 saturated carbocycles. The number of fused-ring (bicyclic) bond motifs is 1. The first-order valence-electron chi connectivity index (χ1n) is 8.81. The van der Waals surface area contributed by atoms with Crippen LogP contribution in [-0.2, 0) is 9.53 Å². The van der Waals surface area contributed by atoms with E-state index in [0.717, 1.165) is 11.1 Å². The first-order chi connectivity index (χ1) is 13.0. The van der Waals surface area contributed by atoms with Crippen LogP contribution < -0.4 is 15.4 Å². The van der Waals surface area contributed by atoms with Crippen molar-refractivity contribution in [3.63, 3.8) is 0 Å². The molecule has 2 aromatic rings. The standard InChI is InChI=1S/C19H20ClN3O4/c1-10-19(25)23-15-6-11(2-3-17(15)27-10)12-7-18(21-8-13(12)20)22-14-4-5-26-9-16(14)24/h2-3,6-8,10,14,16,24H,4-5,9H2,1H3,(H,21,22)(H,23,25)/t10-,14-,16-/m1/s1. The van der Waals surface area contributed by atoms with E-state index in [4.69, 9.17) is 21.1 Å². The van der Waals surface area contributed by atoms with Crippen LogP contribution >= 0.6 is 11.6 Å². The van der Waals surface area contributed by atoms with Gasteiger partial charge in [-0.1, -0.05) is 17.7 Å². The second-order valence-corrected chi connectivity index (χ2v) is 7.10. The summed E-state index contributed by atoms with van der Waals surface area (Å²) >= 11 is 6.36. The molecule has 1 amide bonds. The lowest BCUT2D eigenvalue weighted by Crippen LogP contribution is -2.42. The van der Waals surface area contributed by atoms with Crippen molar-refractivity contribution in [2.24, 2.45) is 0 Å². The minimum Gasteiger partial charge on any atom is -0.479 e. The molecule has 3 N–H and O–H groups in total. The first-order valence-corrected chi connectivity index (χ1v) is 9.19. The van der Waals surface area contributed by atoms with Gasteiger partial charge in [-0.3, -0.25) is 4.79 Å². The Morgan fingerprint density at radius 2 is 2.22 bits per heavy atom. The fourth-order valence-corrected chi connectivity index (χ4v) is 3.41. The van der Waals surface area contributed by atoms with E-state index in [0.29, 0.717) is 41.9 Å². The molecule has 0 bridgehead atoms. The molecule has 0 aliphatic carbocycles. The highest BCUT2D eigenvalue weighted by molar-refractivity contribution is 6.33. The van der Waals surface area contributed by atoms with E-state index in [1.807, 2.05) is 24.3 Å². The van der Waals surface area contributed by atoms with Gasteiger partial charge < -0.3 is 25.2 Å². The number of amides is 1. The van der Waals surface area contributed by atoms with Crippen LogP contribution in [0.1, 0.15) is 13.3 Å². The highest BCUT2D eigenvalue weighted by Crippen LogP contribution is 2.37. The minimum atomic E-state index is -0.585. The number of pyridine rings is 1. The van der Waals surface area contributed by atoms with E-state index in [2.05, 4.69) is 15.6 Å². The normalized spacial score (nSPS) is 24.6. The van der Waals surface area contributed by atoms with E-state index in [9.17, 15) is 9.90 Å². The summed E-state index contributed by atoms with van der Waals surface area (Å²) in [4.78, 5) is 16.2. The van der Waals surface area contributed by atoms with Crippen molar-refractivity contribution < 1.29 is 19.4 Å². The number of hydrogen-bond acceptors (Lipinski definition) is 6. The molecule has 142 valence electrons. The van der Waals surface area contributed by atoms with E-state index in [1.165, 1.54) is 0 Å². The summed E-state index contributed by atoms with van der Waals surface area (Å²) in [6, 6.07) is 7.23. The van der Waals surface area contributed by atoms with Crippen LogP contribution in [-0.4, -0.2) is 47.5 Å². The summed E-state index contributed by atoms with van der Waals surface area (Å²) in [5, 5.41) is 16.6. The molecule has 1 aromatic heterocycles. The van der Waals surface area contributed by atoms with Crippen molar-refractivity contribution in [2.75, 3.05) is 23.8 Å². The van der Waals surface area contributed by atoms with Gasteiger partial charge in [0.15, 0.2) is 6.10 Å². The second kappa shape index (κ2) is 7.34. The van der Waals surface area contributed by atoms with Crippen LogP contribution in [0.4, 0.5) is 11.5 Å². The van der Waals surface area contributed by atoms with Crippen LogP contribution in [0.15, 0.2) is 30.5 Å². The smallest absolute Gasteiger partial charge is 0.265 e. The van der Waals surface area contributed by atoms with Gasteiger partial charge in [0.25, 0.3) is 5.91 Å². The SMILES string of the molecule is C[C@H]1Oc2ccc(-c3cc(N[C@@H]4CCOC[C@H]4O)ncc3Cl)cc2NC1=O. The Labute approximate surface area is 161 Å². The monoisotopic (exact) mass is 389 g/mol. The zero-order chi connectivity index (χ0) is 19.0.